The highest BCUT2D eigenvalue weighted by atomic mass is 16.3. The first-order valence-corrected chi connectivity index (χ1v) is 4.95. The molecule has 0 saturated carbocycles. The number of hydrogen-bond donors (Lipinski definition) is 1. The Morgan fingerprint density at radius 1 is 1.25 bits per heavy atom. The average molecular weight is 171 g/mol. The van der Waals surface area contributed by atoms with Gasteiger partial charge in [0.1, 0.15) is 0 Å². The van der Waals surface area contributed by atoms with E-state index in [2.05, 4.69) is 25.8 Å². The number of hydrogen-bond acceptors (Lipinski definition) is 2. The van der Waals surface area contributed by atoms with Crippen molar-refractivity contribution in [3.05, 3.63) is 0 Å². The molecule has 0 bridgehead atoms. The van der Waals surface area contributed by atoms with Gasteiger partial charge in [-0.1, -0.05) is 13.8 Å². The van der Waals surface area contributed by atoms with Gasteiger partial charge in [0.15, 0.2) is 0 Å². The van der Waals surface area contributed by atoms with E-state index in [9.17, 15) is 5.11 Å². The fourth-order valence-corrected chi connectivity index (χ4v) is 1.85. The number of nitrogens with zero attached hydrogens (tertiary/aromatic N) is 1. The van der Waals surface area contributed by atoms with Crippen LogP contribution in [0.3, 0.4) is 0 Å². The molecular formula is C10H21NO. The first-order chi connectivity index (χ1) is 5.54. The van der Waals surface area contributed by atoms with E-state index >= 15 is 0 Å². The minimum absolute atomic E-state index is 0.393. The van der Waals surface area contributed by atoms with Gasteiger partial charge in [-0.2, -0.15) is 0 Å². The molecule has 1 aliphatic rings. The van der Waals surface area contributed by atoms with E-state index in [0.717, 1.165) is 32.4 Å². The molecule has 1 fully saturated rings. The molecule has 1 rings (SSSR count). The zero-order valence-electron chi connectivity index (χ0n) is 8.51. The number of aliphatic hydroxyl groups is 1. The van der Waals surface area contributed by atoms with Gasteiger partial charge >= 0.3 is 0 Å². The maximum absolute atomic E-state index is 10.2. The van der Waals surface area contributed by atoms with E-state index in [1.807, 2.05) is 0 Å². The third-order valence-electron chi connectivity index (χ3n) is 3.15. The minimum atomic E-state index is -0.398. The van der Waals surface area contributed by atoms with Crippen LogP contribution in [0.5, 0.6) is 0 Å². The van der Waals surface area contributed by atoms with Crippen LogP contribution < -0.4 is 0 Å². The zero-order chi connectivity index (χ0) is 9.19. The molecule has 1 heterocycles. The van der Waals surface area contributed by atoms with Crippen LogP contribution in [-0.4, -0.2) is 35.7 Å². The summed E-state index contributed by atoms with van der Waals surface area (Å²) in [6, 6.07) is 0. The molecule has 0 amide bonds. The second kappa shape index (κ2) is 3.75. The van der Waals surface area contributed by atoms with Crippen LogP contribution in [0.2, 0.25) is 0 Å². The summed E-state index contributed by atoms with van der Waals surface area (Å²) >= 11 is 0. The minimum Gasteiger partial charge on any atom is -0.390 e. The van der Waals surface area contributed by atoms with Crippen molar-refractivity contribution in [1.29, 1.82) is 0 Å². The molecule has 0 aromatic rings. The molecule has 0 spiro atoms. The van der Waals surface area contributed by atoms with E-state index in [1.165, 1.54) is 0 Å². The highest BCUT2D eigenvalue weighted by Crippen LogP contribution is 2.28. The molecule has 1 atom stereocenters. The van der Waals surface area contributed by atoms with Gasteiger partial charge < -0.3 is 10.0 Å². The van der Waals surface area contributed by atoms with Crippen molar-refractivity contribution in [2.75, 3.05) is 20.1 Å². The lowest BCUT2D eigenvalue weighted by Crippen LogP contribution is -2.35. The summed E-state index contributed by atoms with van der Waals surface area (Å²) in [7, 11) is 2.13. The summed E-state index contributed by atoms with van der Waals surface area (Å²) in [4.78, 5) is 2.31. The van der Waals surface area contributed by atoms with Crippen molar-refractivity contribution < 1.29 is 5.11 Å². The summed E-state index contributed by atoms with van der Waals surface area (Å²) in [6.07, 6.45) is 3.03. The molecule has 1 unspecified atom stereocenters. The fourth-order valence-electron chi connectivity index (χ4n) is 1.85. The van der Waals surface area contributed by atoms with Gasteiger partial charge in [0, 0.05) is 6.54 Å². The van der Waals surface area contributed by atoms with Crippen LogP contribution >= 0.6 is 0 Å². The highest BCUT2D eigenvalue weighted by Gasteiger charge is 2.32. The molecule has 0 aromatic heterocycles. The Hall–Kier alpha value is -0.0800. The Labute approximate surface area is 75.6 Å². The third kappa shape index (κ3) is 2.20. The Balaban J connectivity index is 2.55. The Morgan fingerprint density at radius 2 is 1.92 bits per heavy atom. The van der Waals surface area contributed by atoms with Gasteiger partial charge in [-0.25, -0.2) is 0 Å². The van der Waals surface area contributed by atoms with Crippen LogP contribution in [-0.2, 0) is 0 Å². The molecule has 0 radical (unpaired) electrons. The normalized spacial score (nSPS) is 33.8. The van der Waals surface area contributed by atoms with Crippen molar-refractivity contribution in [2.24, 2.45) is 5.92 Å². The van der Waals surface area contributed by atoms with Crippen molar-refractivity contribution in [1.82, 2.24) is 4.90 Å². The summed E-state index contributed by atoms with van der Waals surface area (Å²) in [6.45, 7) is 6.40. The molecule has 2 nitrogen and oxygen atoms in total. The monoisotopic (exact) mass is 171 g/mol. The first kappa shape index (κ1) is 10.0. The first-order valence-electron chi connectivity index (χ1n) is 4.95. The van der Waals surface area contributed by atoms with Gasteiger partial charge in [-0.3, -0.25) is 0 Å². The van der Waals surface area contributed by atoms with Crippen molar-refractivity contribution >= 4 is 0 Å². The highest BCUT2D eigenvalue weighted by molar-refractivity contribution is 4.85. The van der Waals surface area contributed by atoms with E-state index in [-0.39, 0.29) is 0 Å². The maximum Gasteiger partial charge on any atom is 0.0683 e. The topological polar surface area (TPSA) is 23.5 Å². The van der Waals surface area contributed by atoms with E-state index < -0.39 is 5.60 Å². The van der Waals surface area contributed by atoms with Gasteiger partial charge in [-0.15, -0.1) is 0 Å². The van der Waals surface area contributed by atoms with Gasteiger partial charge in [0.05, 0.1) is 5.60 Å². The summed E-state index contributed by atoms with van der Waals surface area (Å²) in [5.41, 5.74) is -0.398. The van der Waals surface area contributed by atoms with E-state index in [1.54, 1.807) is 0 Å². The van der Waals surface area contributed by atoms with Gasteiger partial charge in [0.25, 0.3) is 0 Å². The summed E-state index contributed by atoms with van der Waals surface area (Å²) < 4.78 is 0. The lowest BCUT2D eigenvalue weighted by atomic mass is 9.84. The van der Waals surface area contributed by atoms with Gasteiger partial charge in [0.2, 0.25) is 0 Å². The smallest absolute Gasteiger partial charge is 0.0683 e. The lowest BCUT2D eigenvalue weighted by molar-refractivity contribution is -0.0176. The third-order valence-corrected chi connectivity index (χ3v) is 3.15. The molecule has 1 N–H and O–H groups in total. The van der Waals surface area contributed by atoms with Crippen molar-refractivity contribution in [3.8, 4) is 0 Å². The fraction of sp³-hybridized carbons (Fsp3) is 1.00. The second-order valence-electron chi connectivity index (χ2n) is 4.42. The predicted molar refractivity (Wildman–Crippen MR) is 51.1 cm³/mol. The SMILES string of the molecule is CC(C)C1(O)CCCN(C)CC1. The van der Waals surface area contributed by atoms with Crippen LogP contribution in [0.25, 0.3) is 0 Å². The number of rotatable bonds is 1. The Kier molecular flexibility index (Phi) is 3.13. The van der Waals surface area contributed by atoms with E-state index in [4.69, 9.17) is 0 Å². The molecule has 0 aromatic carbocycles. The second-order valence-corrected chi connectivity index (χ2v) is 4.42. The van der Waals surface area contributed by atoms with Crippen LogP contribution in [0.15, 0.2) is 0 Å². The molecule has 0 aliphatic carbocycles. The molecular weight excluding hydrogens is 150 g/mol. The predicted octanol–water partition coefficient (Wildman–Crippen LogP) is 1.49. The Bertz CT molecular complexity index is 147. The molecule has 12 heavy (non-hydrogen) atoms. The standard InChI is InChI=1S/C10H21NO/c1-9(2)10(12)5-4-7-11(3)8-6-10/h9,12H,4-8H2,1-3H3. The van der Waals surface area contributed by atoms with Gasteiger partial charge in [-0.05, 0) is 38.8 Å². The molecule has 72 valence electrons. The largest absolute Gasteiger partial charge is 0.390 e. The zero-order valence-corrected chi connectivity index (χ0v) is 8.51. The van der Waals surface area contributed by atoms with E-state index in [0.29, 0.717) is 5.92 Å². The molecule has 1 saturated heterocycles. The summed E-state index contributed by atoms with van der Waals surface area (Å²) in [5, 5.41) is 10.2. The summed E-state index contributed by atoms with van der Waals surface area (Å²) in [5.74, 6) is 0.393. The number of likely N-dealkylation sites (tertiary alicyclic amines) is 1. The van der Waals surface area contributed by atoms with Crippen molar-refractivity contribution in [2.45, 2.75) is 38.7 Å². The van der Waals surface area contributed by atoms with Crippen LogP contribution in [0.4, 0.5) is 0 Å². The Morgan fingerprint density at radius 3 is 2.50 bits per heavy atom. The van der Waals surface area contributed by atoms with Crippen LogP contribution in [0.1, 0.15) is 33.1 Å². The maximum atomic E-state index is 10.2. The lowest BCUT2D eigenvalue weighted by Gasteiger charge is -2.30. The molecule has 1 aliphatic heterocycles. The van der Waals surface area contributed by atoms with Crippen molar-refractivity contribution in [3.63, 3.8) is 0 Å². The average Bonchev–Trinajstić information content (AvgIpc) is 2.15. The quantitative estimate of drug-likeness (QED) is 0.646. The molecule has 2 heteroatoms. The van der Waals surface area contributed by atoms with Crippen LogP contribution in [0, 0.1) is 5.92 Å².